The van der Waals surface area contributed by atoms with Gasteiger partial charge in [0.15, 0.2) is 23.9 Å². The molecular formula is C23H20BrFN2O7. The van der Waals surface area contributed by atoms with Gasteiger partial charge in [0, 0.05) is 10.0 Å². The van der Waals surface area contributed by atoms with E-state index in [9.17, 15) is 18.8 Å². The van der Waals surface area contributed by atoms with E-state index in [1.165, 1.54) is 10.7 Å². The molecule has 0 spiro atoms. The van der Waals surface area contributed by atoms with Crippen LogP contribution in [0, 0.1) is 5.82 Å². The molecule has 3 rings (SSSR count). The minimum Gasteiger partial charge on any atom is -0.478 e. The van der Waals surface area contributed by atoms with Crippen molar-refractivity contribution in [2.75, 3.05) is 27.4 Å². The van der Waals surface area contributed by atoms with Gasteiger partial charge in [-0.1, -0.05) is 34.1 Å². The van der Waals surface area contributed by atoms with E-state index in [1.807, 2.05) is 0 Å². The van der Waals surface area contributed by atoms with Crippen LogP contribution in [0.3, 0.4) is 0 Å². The number of methoxy groups -OCH3 is 2. The summed E-state index contributed by atoms with van der Waals surface area (Å²) in [6, 6.07) is 11.1. The summed E-state index contributed by atoms with van der Waals surface area (Å²) in [7, 11) is 2.28. The second-order valence-corrected chi connectivity index (χ2v) is 7.58. The number of nitrogens with zero attached hydrogens (tertiary/aromatic N) is 2. The fraction of sp³-hybridized carbons (Fsp3) is 0.217. The Labute approximate surface area is 202 Å². The smallest absolute Gasteiger partial charge is 0.357 e. The Bertz CT molecular complexity index is 1230. The first kappa shape index (κ1) is 24.9. The second-order valence-electron chi connectivity index (χ2n) is 6.66. The highest BCUT2D eigenvalue weighted by Gasteiger charge is 2.33. The molecule has 34 heavy (non-hydrogen) atoms. The Kier molecular flexibility index (Phi) is 8.00. The normalized spacial score (nSPS) is 10.5. The van der Waals surface area contributed by atoms with Gasteiger partial charge >= 0.3 is 17.9 Å². The summed E-state index contributed by atoms with van der Waals surface area (Å²) in [4.78, 5) is 37.4. The van der Waals surface area contributed by atoms with Crippen molar-refractivity contribution in [1.82, 2.24) is 9.78 Å². The van der Waals surface area contributed by atoms with E-state index >= 15 is 0 Å². The molecule has 11 heteroatoms. The maximum Gasteiger partial charge on any atom is 0.357 e. The summed E-state index contributed by atoms with van der Waals surface area (Å²) < 4.78 is 36.5. The SMILES string of the molecule is CCOC(=O)COc1c(F)cc(Br)cc1-c1nn(-c2ccccc2)c(C(=O)OC)c1C(=O)OC. The van der Waals surface area contributed by atoms with Crippen LogP contribution in [0.25, 0.3) is 16.9 Å². The number of carbonyl (C=O) groups excluding carboxylic acids is 3. The number of hydrogen-bond donors (Lipinski definition) is 0. The Morgan fingerprint density at radius 3 is 2.35 bits per heavy atom. The third-order valence-electron chi connectivity index (χ3n) is 4.56. The van der Waals surface area contributed by atoms with Crippen LogP contribution in [-0.4, -0.2) is 55.1 Å². The molecule has 0 aliphatic rings. The number of esters is 3. The zero-order valence-corrected chi connectivity index (χ0v) is 20.0. The summed E-state index contributed by atoms with van der Waals surface area (Å²) in [5.41, 5.74) is -0.181. The van der Waals surface area contributed by atoms with Gasteiger partial charge in [-0.25, -0.2) is 23.5 Å². The number of hydrogen-bond acceptors (Lipinski definition) is 8. The maximum absolute atomic E-state index is 15.0. The number of benzene rings is 2. The van der Waals surface area contributed by atoms with Crippen LogP contribution in [-0.2, 0) is 19.0 Å². The molecule has 9 nitrogen and oxygen atoms in total. The lowest BCUT2D eigenvalue weighted by Gasteiger charge is -2.12. The van der Waals surface area contributed by atoms with Gasteiger partial charge in [0.1, 0.15) is 11.3 Å². The first-order valence-corrected chi connectivity index (χ1v) is 10.7. The van der Waals surface area contributed by atoms with E-state index in [1.54, 1.807) is 37.3 Å². The molecule has 0 radical (unpaired) electrons. The lowest BCUT2D eigenvalue weighted by atomic mass is 10.0. The third kappa shape index (κ3) is 5.09. The van der Waals surface area contributed by atoms with Crippen molar-refractivity contribution in [3.05, 3.63) is 64.0 Å². The highest BCUT2D eigenvalue weighted by Crippen LogP contribution is 2.38. The average Bonchev–Trinajstić information content (AvgIpc) is 3.23. The van der Waals surface area contributed by atoms with E-state index in [2.05, 4.69) is 21.0 Å². The van der Waals surface area contributed by atoms with Gasteiger partial charge < -0.3 is 18.9 Å². The number of ether oxygens (including phenoxy) is 4. The van der Waals surface area contributed by atoms with Gasteiger partial charge in [-0.05, 0) is 31.2 Å². The van der Waals surface area contributed by atoms with Crippen LogP contribution in [0.4, 0.5) is 4.39 Å². The van der Waals surface area contributed by atoms with Crippen LogP contribution in [0.2, 0.25) is 0 Å². The lowest BCUT2D eigenvalue weighted by molar-refractivity contribution is -0.145. The molecule has 178 valence electrons. The van der Waals surface area contributed by atoms with E-state index in [0.29, 0.717) is 10.2 Å². The standard InChI is InChI=1S/C23H20BrFN2O7/c1-4-33-17(28)12-34-21-15(10-13(24)11-16(21)25)19-18(22(29)31-2)20(23(30)32-3)27(26-19)14-8-6-5-7-9-14/h5-11H,4,12H2,1-3H3. The lowest BCUT2D eigenvalue weighted by Crippen LogP contribution is -2.16. The zero-order chi connectivity index (χ0) is 24.8. The fourth-order valence-corrected chi connectivity index (χ4v) is 3.59. The molecule has 0 aliphatic heterocycles. The largest absolute Gasteiger partial charge is 0.478 e. The predicted octanol–water partition coefficient (Wildman–Crippen LogP) is 3.96. The Balaban J connectivity index is 2.31. The van der Waals surface area contributed by atoms with Crippen LogP contribution in [0.5, 0.6) is 5.75 Å². The van der Waals surface area contributed by atoms with Gasteiger partial charge in [0.25, 0.3) is 0 Å². The van der Waals surface area contributed by atoms with Gasteiger partial charge in [0.2, 0.25) is 0 Å². The first-order valence-electron chi connectivity index (χ1n) is 9.95. The summed E-state index contributed by atoms with van der Waals surface area (Å²) in [6.45, 7) is 1.15. The Morgan fingerprint density at radius 2 is 1.74 bits per heavy atom. The topological polar surface area (TPSA) is 106 Å². The highest BCUT2D eigenvalue weighted by atomic mass is 79.9. The number of para-hydroxylation sites is 1. The summed E-state index contributed by atoms with van der Waals surface area (Å²) >= 11 is 3.21. The van der Waals surface area contributed by atoms with E-state index in [4.69, 9.17) is 18.9 Å². The number of rotatable bonds is 8. The fourth-order valence-electron chi connectivity index (χ4n) is 3.16. The molecular weight excluding hydrogens is 515 g/mol. The van der Waals surface area contributed by atoms with Crippen LogP contribution in [0.1, 0.15) is 27.8 Å². The highest BCUT2D eigenvalue weighted by molar-refractivity contribution is 9.10. The molecule has 0 saturated carbocycles. The van der Waals surface area contributed by atoms with E-state index < -0.39 is 30.3 Å². The van der Waals surface area contributed by atoms with Gasteiger partial charge in [-0.15, -0.1) is 0 Å². The van der Waals surface area contributed by atoms with Crippen molar-refractivity contribution in [2.24, 2.45) is 0 Å². The molecule has 0 bridgehead atoms. The minimum absolute atomic E-state index is 0.00333. The van der Waals surface area contributed by atoms with Crippen molar-refractivity contribution < 1.29 is 37.7 Å². The molecule has 0 N–H and O–H groups in total. The molecule has 0 amide bonds. The van der Waals surface area contributed by atoms with Crippen molar-refractivity contribution in [3.63, 3.8) is 0 Å². The van der Waals surface area contributed by atoms with Crippen LogP contribution in [0.15, 0.2) is 46.9 Å². The van der Waals surface area contributed by atoms with Crippen molar-refractivity contribution in [3.8, 4) is 22.7 Å². The van der Waals surface area contributed by atoms with Crippen molar-refractivity contribution in [1.29, 1.82) is 0 Å². The summed E-state index contributed by atoms with van der Waals surface area (Å²) in [5.74, 6) is -3.69. The van der Waals surface area contributed by atoms with Crippen molar-refractivity contribution >= 4 is 33.8 Å². The minimum atomic E-state index is -0.908. The summed E-state index contributed by atoms with van der Waals surface area (Å²) in [6.07, 6.45) is 0. The summed E-state index contributed by atoms with van der Waals surface area (Å²) in [5, 5.41) is 4.43. The third-order valence-corrected chi connectivity index (χ3v) is 5.02. The molecule has 2 aromatic carbocycles. The number of aromatic nitrogens is 2. The van der Waals surface area contributed by atoms with Crippen molar-refractivity contribution in [2.45, 2.75) is 6.92 Å². The Hall–Kier alpha value is -3.73. The molecule has 3 aromatic rings. The van der Waals surface area contributed by atoms with Gasteiger partial charge in [-0.2, -0.15) is 5.10 Å². The van der Waals surface area contributed by atoms with Crippen LogP contribution < -0.4 is 4.74 Å². The second kappa shape index (κ2) is 10.9. The van der Waals surface area contributed by atoms with Gasteiger partial charge in [0.05, 0.1) is 26.5 Å². The molecule has 0 atom stereocenters. The monoisotopic (exact) mass is 534 g/mol. The molecule has 0 unspecified atom stereocenters. The number of carbonyl (C=O) groups is 3. The zero-order valence-electron chi connectivity index (χ0n) is 18.5. The van der Waals surface area contributed by atoms with Crippen LogP contribution >= 0.6 is 15.9 Å². The quantitative estimate of drug-likeness (QED) is 0.316. The maximum atomic E-state index is 15.0. The molecule has 0 saturated heterocycles. The average molecular weight is 535 g/mol. The van der Waals surface area contributed by atoms with E-state index in [-0.39, 0.29) is 34.9 Å². The van der Waals surface area contributed by atoms with Gasteiger partial charge in [-0.3, -0.25) is 0 Å². The molecule has 0 aliphatic carbocycles. The first-order chi connectivity index (χ1) is 16.3. The molecule has 1 heterocycles. The number of halogens is 2. The predicted molar refractivity (Wildman–Crippen MR) is 121 cm³/mol. The molecule has 0 fully saturated rings. The molecule has 1 aromatic heterocycles. The van der Waals surface area contributed by atoms with E-state index in [0.717, 1.165) is 20.3 Å². The Morgan fingerprint density at radius 1 is 1.06 bits per heavy atom.